The Kier molecular flexibility index (Phi) is 6.29. The van der Waals surface area contributed by atoms with Crippen LogP contribution in [0.3, 0.4) is 0 Å². The lowest BCUT2D eigenvalue weighted by molar-refractivity contribution is -0.111. The van der Waals surface area contributed by atoms with E-state index in [4.69, 9.17) is 30.5 Å². The minimum Gasteiger partial charge on any atom is -0.491 e. The molecule has 3 rings (SSSR count). The number of Topliss-reactive ketones (excluding diaryl/α,β-unsaturated/α-hetero) is 1. The molecule has 0 aliphatic carbocycles. The molecule has 1 aliphatic heterocycles. The number of benzene rings is 2. The van der Waals surface area contributed by atoms with Crippen LogP contribution < -0.4 is 24.3 Å². The van der Waals surface area contributed by atoms with Crippen LogP contribution in [0.25, 0.3) is 6.08 Å². The Morgan fingerprint density at radius 3 is 2.59 bits per heavy atom. The number of ketones is 1. The number of ether oxygens (including phenoxy) is 4. The van der Waals surface area contributed by atoms with Crippen LogP contribution in [0.5, 0.6) is 23.0 Å². The van der Waals surface area contributed by atoms with E-state index in [0.29, 0.717) is 51.4 Å². The van der Waals surface area contributed by atoms with Gasteiger partial charge in [-0.3, -0.25) is 9.59 Å². The van der Waals surface area contributed by atoms with Gasteiger partial charge >= 0.3 is 0 Å². The number of carbonyl (C=O) groups excluding carboxylic acids is 2. The summed E-state index contributed by atoms with van der Waals surface area (Å²) in [6.07, 6.45) is 2.92. The lowest BCUT2D eigenvalue weighted by Gasteiger charge is -2.12. The van der Waals surface area contributed by atoms with Crippen molar-refractivity contribution < 1.29 is 28.5 Å². The van der Waals surface area contributed by atoms with Crippen LogP contribution >= 0.6 is 11.6 Å². The van der Waals surface area contributed by atoms with Gasteiger partial charge in [-0.25, -0.2) is 0 Å². The molecule has 1 N–H and O–H groups in total. The Balaban J connectivity index is 1.81. The lowest BCUT2D eigenvalue weighted by atomic mass is 10.1. The average molecular weight is 418 g/mol. The fourth-order valence-corrected chi connectivity index (χ4v) is 3.12. The van der Waals surface area contributed by atoms with Gasteiger partial charge < -0.3 is 24.3 Å². The van der Waals surface area contributed by atoms with Crippen LogP contribution in [-0.2, 0) is 4.79 Å². The summed E-state index contributed by atoms with van der Waals surface area (Å²) in [7, 11) is 1.50. The number of hydrogen-bond donors (Lipinski definition) is 1. The predicted octanol–water partition coefficient (Wildman–Crippen LogP) is 4.33. The summed E-state index contributed by atoms with van der Waals surface area (Å²) in [6.45, 7) is 3.78. The summed E-state index contributed by atoms with van der Waals surface area (Å²) in [5, 5.41) is 3.07. The van der Waals surface area contributed by atoms with E-state index < -0.39 is 5.91 Å². The molecule has 1 amide bonds. The fraction of sp³-hybridized carbons (Fsp3) is 0.238. The standard InChI is InChI=1S/C21H20ClNO6/c1-4-27-19-8-13(7-15(22)21(19)26-3)5-6-20(25)23-16-10-18-17(28-11-29-18)9-14(16)12(2)24/h5-10H,4,11H2,1-3H3,(H,23,25)/b6-5+. The molecule has 2 aromatic carbocycles. The lowest BCUT2D eigenvalue weighted by Crippen LogP contribution is -2.11. The highest BCUT2D eigenvalue weighted by atomic mass is 35.5. The molecule has 1 heterocycles. The van der Waals surface area contributed by atoms with Gasteiger partial charge in [0, 0.05) is 17.7 Å². The minimum atomic E-state index is -0.420. The molecule has 152 valence electrons. The first-order valence-electron chi connectivity index (χ1n) is 8.87. The highest BCUT2D eigenvalue weighted by Gasteiger charge is 2.20. The Labute approximate surface area is 173 Å². The second kappa shape index (κ2) is 8.87. The van der Waals surface area contributed by atoms with Gasteiger partial charge in [0.1, 0.15) is 0 Å². The number of hydrogen-bond acceptors (Lipinski definition) is 6. The summed E-state index contributed by atoms with van der Waals surface area (Å²) in [6, 6.07) is 6.51. The molecule has 8 heteroatoms. The zero-order chi connectivity index (χ0) is 21.0. The van der Waals surface area contributed by atoms with Crippen molar-refractivity contribution in [3.63, 3.8) is 0 Å². The Hall–Kier alpha value is -3.19. The van der Waals surface area contributed by atoms with E-state index in [1.54, 1.807) is 30.3 Å². The molecular weight excluding hydrogens is 398 g/mol. The summed E-state index contributed by atoms with van der Waals surface area (Å²) >= 11 is 6.22. The number of carbonyl (C=O) groups is 2. The molecule has 0 aromatic heterocycles. The molecule has 0 saturated heterocycles. The zero-order valence-electron chi connectivity index (χ0n) is 16.2. The minimum absolute atomic E-state index is 0.0738. The number of amides is 1. The van der Waals surface area contributed by atoms with E-state index in [2.05, 4.69) is 5.32 Å². The maximum Gasteiger partial charge on any atom is 0.248 e. The van der Waals surface area contributed by atoms with Crippen molar-refractivity contribution in [3.8, 4) is 23.0 Å². The summed E-state index contributed by atoms with van der Waals surface area (Å²) in [5.74, 6) is 1.23. The van der Waals surface area contributed by atoms with E-state index >= 15 is 0 Å². The van der Waals surface area contributed by atoms with Crippen molar-refractivity contribution in [2.24, 2.45) is 0 Å². The van der Waals surface area contributed by atoms with Crippen LogP contribution in [-0.4, -0.2) is 32.2 Å². The maximum absolute atomic E-state index is 12.4. The van der Waals surface area contributed by atoms with Gasteiger partial charge in [0.2, 0.25) is 12.7 Å². The van der Waals surface area contributed by atoms with E-state index in [-0.39, 0.29) is 12.6 Å². The monoisotopic (exact) mass is 417 g/mol. The number of nitrogens with one attached hydrogen (secondary N) is 1. The number of methoxy groups -OCH3 is 1. The van der Waals surface area contributed by atoms with Crippen molar-refractivity contribution in [1.82, 2.24) is 0 Å². The van der Waals surface area contributed by atoms with Crippen molar-refractivity contribution >= 4 is 35.1 Å². The molecule has 0 unspecified atom stereocenters. The first-order valence-corrected chi connectivity index (χ1v) is 9.24. The molecule has 7 nitrogen and oxygen atoms in total. The van der Waals surface area contributed by atoms with Gasteiger partial charge in [0.05, 0.1) is 24.4 Å². The van der Waals surface area contributed by atoms with Gasteiger partial charge in [-0.05, 0) is 43.7 Å². The van der Waals surface area contributed by atoms with Crippen molar-refractivity contribution in [1.29, 1.82) is 0 Å². The SMILES string of the molecule is CCOc1cc(/C=C/C(=O)Nc2cc3c(cc2C(C)=O)OCO3)cc(Cl)c1OC. The van der Waals surface area contributed by atoms with Gasteiger partial charge in [0.25, 0.3) is 0 Å². The second-order valence-electron chi connectivity index (χ2n) is 6.10. The molecule has 0 fully saturated rings. The summed E-state index contributed by atoms with van der Waals surface area (Å²) in [4.78, 5) is 24.3. The van der Waals surface area contributed by atoms with E-state index in [1.165, 1.54) is 20.1 Å². The van der Waals surface area contributed by atoms with E-state index in [0.717, 1.165) is 0 Å². The van der Waals surface area contributed by atoms with Gasteiger partial charge in [0.15, 0.2) is 28.8 Å². The third-order valence-electron chi connectivity index (χ3n) is 4.11. The highest BCUT2D eigenvalue weighted by Crippen LogP contribution is 2.38. The van der Waals surface area contributed by atoms with Crippen molar-refractivity contribution in [2.75, 3.05) is 25.8 Å². The van der Waals surface area contributed by atoms with Crippen LogP contribution in [0, 0.1) is 0 Å². The summed E-state index contributed by atoms with van der Waals surface area (Å²) < 4.78 is 21.4. The molecule has 0 bridgehead atoms. The summed E-state index contributed by atoms with van der Waals surface area (Å²) in [5.41, 5.74) is 1.34. The van der Waals surface area contributed by atoms with Crippen LogP contribution in [0.4, 0.5) is 5.69 Å². The van der Waals surface area contributed by atoms with E-state index in [9.17, 15) is 9.59 Å². The molecule has 0 radical (unpaired) electrons. The molecule has 0 atom stereocenters. The van der Waals surface area contributed by atoms with Gasteiger partial charge in [-0.15, -0.1) is 0 Å². The second-order valence-corrected chi connectivity index (χ2v) is 6.50. The first-order chi connectivity index (χ1) is 13.9. The number of halogens is 1. The predicted molar refractivity (Wildman–Crippen MR) is 109 cm³/mol. The zero-order valence-corrected chi connectivity index (χ0v) is 17.0. The smallest absolute Gasteiger partial charge is 0.248 e. The van der Waals surface area contributed by atoms with E-state index in [1.807, 2.05) is 6.92 Å². The Bertz CT molecular complexity index is 986. The van der Waals surface area contributed by atoms with Gasteiger partial charge in [-0.2, -0.15) is 0 Å². The highest BCUT2D eigenvalue weighted by molar-refractivity contribution is 6.32. The molecule has 29 heavy (non-hydrogen) atoms. The van der Waals surface area contributed by atoms with Crippen LogP contribution in [0.15, 0.2) is 30.3 Å². The van der Waals surface area contributed by atoms with Crippen LogP contribution in [0.1, 0.15) is 29.8 Å². The number of fused-ring (bicyclic) bond motifs is 1. The molecule has 1 aliphatic rings. The Morgan fingerprint density at radius 2 is 1.93 bits per heavy atom. The topological polar surface area (TPSA) is 83.1 Å². The molecular formula is C21H20ClNO6. The quantitative estimate of drug-likeness (QED) is 0.533. The Morgan fingerprint density at radius 1 is 1.21 bits per heavy atom. The molecule has 0 saturated carbocycles. The fourth-order valence-electron chi connectivity index (χ4n) is 2.83. The third kappa shape index (κ3) is 4.63. The maximum atomic E-state index is 12.4. The van der Waals surface area contributed by atoms with Crippen LogP contribution in [0.2, 0.25) is 5.02 Å². The van der Waals surface area contributed by atoms with Crippen molar-refractivity contribution in [3.05, 3.63) is 46.5 Å². The first kappa shape index (κ1) is 20.5. The number of rotatable bonds is 7. The third-order valence-corrected chi connectivity index (χ3v) is 4.39. The normalized spacial score (nSPS) is 12.1. The number of anilines is 1. The largest absolute Gasteiger partial charge is 0.491 e. The molecule has 0 spiro atoms. The van der Waals surface area contributed by atoms with Crippen molar-refractivity contribution in [2.45, 2.75) is 13.8 Å². The molecule has 2 aromatic rings. The average Bonchev–Trinajstić information content (AvgIpc) is 3.13. The van der Waals surface area contributed by atoms with Gasteiger partial charge in [-0.1, -0.05) is 11.6 Å².